The van der Waals surface area contributed by atoms with Crippen LogP contribution in [0.1, 0.15) is 28.8 Å². The summed E-state index contributed by atoms with van der Waals surface area (Å²) in [5.74, 6) is -0.688. The van der Waals surface area contributed by atoms with Crippen molar-refractivity contribution in [3.05, 3.63) is 29.3 Å². The lowest BCUT2D eigenvalue weighted by Gasteiger charge is -2.19. The SMILES string of the molecule is NCC(Nc1ccc(C(N)=O)c(C(F)(F)F)c1)C1CC1. The van der Waals surface area contributed by atoms with Crippen molar-refractivity contribution in [3.8, 4) is 0 Å². The molecule has 0 spiro atoms. The second kappa shape index (κ2) is 5.32. The summed E-state index contributed by atoms with van der Waals surface area (Å²) in [6, 6.07) is 3.37. The zero-order valence-corrected chi connectivity index (χ0v) is 10.7. The van der Waals surface area contributed by atoms with Gasteiger partial charge in [-0.3, -0.25) is 4.79 Å². The molecule has 1 aromatic carbocycles. The smallest absolute Gasteiger partial charge is 0.381 e. The molecule has 0 radical (unpaired) electrons. The first-order valence-corrected chi connectivity index (χ1v) is 6.30. The number of benzene rings is 1. The molecule has 1 saturated carbocycles. The minimum absolute atomic E-state index is 0.0458. The molecule has 1 amide bonds. The Balaban J connectivity index is 2.29. The third-order valence-electron chi connectivity index (χ3n) is 3.39. The number of anilines is 1. The highest BCUT2D eigenvalue weighted by Crippen LogP contribution is 2.36. The summed E-state index contributed by atoms with van der Waals surface area (Å²) < 4.78 is 38.8. The van der Waals surface area contributed by atoms with Crippen LogP contribution in [0.25, 0.3) is 0 Å². The largest absolute Gasteiger partial charge is 0.417 e. The highest BCUT2D eigenvalue weighted by atomic mass is 19.4. The number of hydrogen-bond donors (Lipinski definition) is 3. The number of nitrogens with one attached hydrogen (secondary N) is 1. The predicted octanol–water partition coefficient (Wildman–Crippen LogP) is 1.95. The van der Waals surface area contributed by atoms with Crippen LogP contribution in [0.2, 0.25) is 0 Å². The number of rotatable bonds is 5. The summed E-state index contributed by atoms with van der Waals surface area (Å²) in [7, 11) is 0. The molecule has 0 aliphatic heterocycles. The highest BCUT2D eigenvalue weighted by Gasteiger charge is 2.36. The quantitative estimate of drug-likeness (QED) is 0.774. The fourth-order valence-corrected chi connectivity index (χ4v) is 2.17. The monoisotopic (exact) mass is 287 g/mol. The summed E-state index contributed by atoms with van der Waals surface area (Å²) in [6.07, 6.45) is -2.57. The molecule has 0 heterocycles. The minimum atomic E-state index is -4.63. The summed E-state index contributed by atoms with van der Waals surface area (Å²) in [4.78, 5) is 11.1. The number of primary amides is 1. The van der Waals surface area contributed by atoms with Crippen LogP contribution >= 0.6 is 0 Å². The fraction of sp³-hybridized carbons (Fsp3) is 0.462. The highest BCUT2D eigenvalue weighted by molar-refractivity contribution is 5.95. The summed E-state index contributed by atoms with van der Waals surface area (Å²) >= 11 is 0. The van der Waals surface area contributed by atoms with Gasteiger partial charge in [0.1, 0.15) is 0 Å². The third kappa shape index (κ3) is 3.22. The summed E-state index contributed by atoms with van der Waals surface area (Å²) in [5, 5.41) is 2.99. The van der Waals surface area contributed by atoms with Crippen molar-refractivity contribution >= 4 is 11.6 Å². The minimum Gasteiger partial charge on any atom is -0.381 e. The first kappa shape index (κ1) is 14.6. The second-order valence-corrected chi connectivity index (χ2v) is 4.95. The van der Waals surface area contributed by atoms with Crippen LogP contribution in [0.5, 0.6) is 0 Å². The molecular weight excluding hydrogens is 271 g/mol. The van der Waals surface area contributed by atoms with E-state index in [0.717, 1.165) is 25.0 Å². The first-order chi connectivity index (χ1) is 9.32. The average molecular weight is 287 g/mol. The molecule has 1 fully saturated rings. The normalized spacial score (nSPS) is 16.8. The van der Waals surface area contributed by atoms with Gasteiger partial charge in [0, 0.05) is 18.3 Å². The number of halogens is 3. The van der Waals surface area contributed by atoms with E-state index >= 15 is 0 Å². The van der Waals surface area contributed by atoms with Crippen LogP contribution in [0.3, 0.4) is 0 Å². The molecule has 20 heavy (non-hydrogen) atoms. The number of hydrogen-bond acceptors (Lipinski definition) is 3. The van der Waals surface area contributed by atoms with Gasteiger partial charge in [-0.1, -0.05) is 0 Å². The van der Waals surface area contributed by atoms with E-state index in [1.54, 1.807) is 0 Å². The van der Waals surface area contributed by atoms with Crippen molar-refractivity contribution < 1.29 is 18.0 Å². The Labute approximate surface area is 114 Å². The Kier molecular flexibility index (Phi) is 3.89. The van der Waals surface area contributed by atoms with Crippen LogP contribution < -0.4 is 16.8 Å². The molecule has 0 aromatic heterocycles. The molecule has 1 atom stereocenters. The van der Waals surface area contributed by atoms with Crippen molar-refractivity contribution in [1.82, 2.24) is 0 Å². The summed E-state index contributed by atoms with van der Waals surface area (Å²) in [5.41, 5.74) is 9.31. The van der Waals surface area contributed by atoms with E-state index in [1.165, 1.54) is 6.07 Å². The van der Waals surface area contributed by atoms with Crippen LogP contribution in [-0.2, 0) is 6.18 Å². The Morgan fingerprint density at radius 2 is 2.05 bits per heavy atom. The standard InChI is InChI=1S/C13H16F3N3O/c14-13(15,16)10-5-8(3-4-9(10)12(18)20)19-11(6-17)7-1-2-7/h3-5,7,11,19H,1-2,6,17H2,(H2,18,20). The maximum atomic E-state index is 12.9. The molecule has 0 bridgehead atoms. The lowest BCUT2D eigenvalue weighted by Crippen LogP contribution is -2.31. The predicted molar refractivity (Wildman–Crippen MR) is 69.2 cm³/mol. The van der Waals surface area contributed by atoms with E-state index in [4.69, 9.17) is 11.5 Å². The van der Waals surface area contributed by atoms with Crippen molar-refractivity contribution in [3.63, 3.8) is 0 Å². The first-order valence-electron chi connectivity index (χ1n) is 6.30. The lowest BCUT2D eigenvalue weighted by molar-refractivity contribution is -0.137. The molecule has 5 N–H and O–H groups in total. The topological polar surface area (TPSA) is 81.1 Å². The van der Waals surface area contributed by atoms with E-state index in [2.05, 4.69) is 5.32 Å². The number of alkyl halides is 3. The van der Waals surface area contributed by atoms with Crippen molar-refractivity contribution in [1.29, 1.82) is 0 Å². The molecule has 0 saturated heterocycles. The molecule has 1 aromatic rings. The van der Waals surface area contributed by atoms with Crippen molar-refractivity contribution in [2.75, 3.05) is 11.9 Å². The lowest BCUT2D eigenvalue weighted by atomic mass is 10.0. The van der Waals surface area contributed by atoms with Gasteiger partial charge in [0.2, 0.25) is 5.91 Å². The van der Waals surface area contributed by atoms with Gasteiger partial charge in [-0.2, -0.15) is 13.2 Å². The second-order valence-electron chi connectivity index (χ2n) is 4.95. The van der Waals surface area contributed by atoms with Crippen LogP contribution in [-0.4, -0.2) is 18.5 Å². The van der Waals surface area contributed by atoms with E-state index in [0.29, 0.717) is 18.2 Å². The van der Waals surface area contributed by atoms with Gasteiger partial charge in [0.05, 0.1) is 11.1 Å². The molecular formula is C13H16F3N3O. The molecule has 1 aliphatic rings. The van der Waals surface area contributed by atoms with Crippen LogP contribution in [0.15, 0.2) is 18.2 Å². The number of carbonyl (C=O) groups is 1. The molecule has 7 heteroatoms. The van der Waals surface area contributed by atoms with Gasteiger partial charge in [-0.15, -0.1) is 0 Å². The molecule has 1 unspecified atom stereocenters. The molecule has 4 nitrogen and oxygen atoms in total. The van der Waals surface area contributed by atoms with Crippen LogP contribution in [0.4, 0.5) is 18.9 Å². The summed E-state index contributed by atoms with van der Waals surface area (Å²) in [6.45, 7) is 0.351. The van der Waals surface area contributed by atoms with Crippen molar-refractivity contribution in [2.45, 2.75) is 25.1 Å². The van der Waals surface area contributed by atoms with Gasteiger partial charge in [-0.25, -0.2) is 0 Å². The average Bonchev–Trinajstić information content (AvgIpc) is 3.18. The Hall–Kier alpha value is -1.76. The van der Waals surface area contributed by atoms with E-state index in [9.17, 15) is 18.0 Å². The maximum absolute atomic E-state index is 12.9. The van der Waals surface area contributed by atoms with Gasteiger partial charge in [0.25, 0.3) is 0 Å². The molecule has 2 rings (SSSR count). The number of carbonyl (C=O) groups excluding carboxylic acids is 1. The van der Waals surface area contributed by atoms with Gasteiger partial charge in [0.15, 0.2) is 0 Å². The third-order valence-corrected chi connectivity index (χ3v) is 3.39. The Morgan fingerprint density at radius 3 is 2.50 bits per heavy atom. The Morgan fingerprint density at radius 1 is 1.40 bits per heavy atom. The fourth-order valence-electron chi connectivity index (χ4n) is 2.17. The van der Waals surface area contributed by atoms with E-state index in [-0.39, 0.29) is 6.04 Å². The van der Waals surface area contributed by atoms with E-state index in [1.807, 2.05) is 0 Å². The van der Waals surface area contributed by atoms with Crippen molar-refractivity contribution in [2.24, 2.45) is 17.4 Å². The number of nitrogens with two attached hydrogens (primary N) is 2. The number of amides is 1. The molecule has 110 valence electrons. The van der Waals surface area contributed by atoms with Crippen LogP contribution in [0, 0.1) is 5.92 Å². The zero-order chi connectivity index (χ0) is 14.9. The van der Waals surface area contributed by atoms with Gasteiger partial charge < -0.3 is 16.8 Å². The van der Waals surface area contributed by atoms with Gasteiger partial charge >= 0.3 is 6.18 Å². The van der Waals surface area contributed by atoms with Gasteiger partial charge in [-0.05, 0) is 37.0 Å². The Bertz CT molecular complexity index is 512. The zero-order valence-electron chi connectivity index (χ0n) is 10.7. The van der Waals surface area contributed by atoms with E-state index < -0.39 is 23.2 Å². The maximum Gasteiger partial charge on any atom is 0.417 e. The molecule has 1 aliphatic carbocycles.